The van der Waals surface area contributed by atoms with E-state index in [1.807, 2.05) is 6.07 Å². The van der Waals surface area contributed by atoms with E-state index < -0.39 is 17.9 Å². The lowest BCUT2D eigenvalue weighted by Gasteiger charge is -2.30. The number of carbonyl (C=O) groups excluding carboxylic acids is 2. The highest BCUT2D eigenvalue weighted by Gasteiger charge is 2.31. The summed E-state index contributed by atoms with van der Waals surface area (Å²) in [6.07, 6.45) is 1.53. The second kappa shape index (κ2) is 9.82. The van der Waals surface area contributed by atoms with Crippen LogP contribution in [0.1, 0.15) is 24.6 Å². The highest BCUT2D eigenvalue weighted by Crippen LogP contribution is 2.22. The van der Waals surface area contributed by atoms with Gasteiger partial charge in [-0.1, -0.05) is 0 Å². The number of esters is 1. The number of nitrogens with two attached hydrogens (primary N) is 1. The van der Waals surface area contributed by atoms with E-state index in [1.54, 1.807) is 11.8 Å². The monoisotopic (exact) mass is 399 g/mol. The number of nitrogens with zero attached hydrogens (tertiary/aromatic N) is 4. The van der Waals surface area contributed by atoms with Crippen LogP contribution >= 0.6 is 12.4 Å². The van der Waals surface area contributed by atoms with Crippen molar-refractivity contribution in [3.05, 3.63) is 17.3 Å². The van der Waals surface area contributed by atoms with Gasteiger partial charge in [-0.05, 0) is 25.0 Å². The Morgan fingerprint density at radius 3 is 2.89 bits per heavy atom. The number of ether oxygens (including phenoxy) is 2. The fraction of sp³-hybridized carbons (Fsp3) is 0.647. The topological polar surface area (TPSA) is 111 Å². The third-order valence-electron chi connectivity index (χ3n) is 4.59. The number of hydrogen-bond donors (Lipinski definition) is 1. The third kappa shape index (κ3) is 5.06. The van der Waals surface area contributed by atoms with Crippen LogP contribution in [0.3, 0.4) is 0 Å². The summed E-state index contributed by atoms with van der Waals surface area (Å²) < 4.78 is 10.3. The van der Waals surface area contributed by atoms with Crippen LogP contribution in [0, 0.1) is 0 Å². The Morgan fingerprint density at radius 1 is 1.30 bits per heavy atom. The van der Waals surface area contributed by atoms with Crippen LogP contribution in [0.2, 0.25) is 0 Å². The average Bonchev–Trinajstić information content (AvgIpc) is 2.95. The molecule has 1 unspecified atom stereocenters. The van der Waals surface area contributed by atoms with E-state index in [0.717, 1.165) is 43.2 Å². The molecule has 27 heavy (non-hydrogen) atoms. The highest BCUT2D eigenvalue weighted by molar-refractivity contribution is 6.01. The number of fused-ring (bicyclic) bond motifs is 1. The van der Waals surface area contributed by atoms with Crippen LogP contribution in [0.4, 0.5) is 5.82 Å². The van der Waals surface area contributed by atoms with Crippen molar-refractivity contribution in [1.82, 2.24) is 15.1 Å². The molecule has 1 aromatic rings. The molecule has 2 N–H and O–H groups in total. The number of anilines is 1. The molecule has 1 fully saturated rings. The summed E-state index contributed by atoms with van der Waals surface area (Å²) in [6, 6.07) is 0.691. The van der Waals surface area contributed by atoms with Crippen molar-refractivity contribution < 1.29 is 19.1 Å². The number of aromatic nitrogens is 2. The van der Waals surface area contributed by atoms with Gasteiger partial charge in [0.05, 0.1) is 18.9 Å². The van der Waals surface area contributed by atoms with Gasteiger partial charge in [0.15, 0.2) is 11.9 Å². The lowest BCUT2D eigenvalue weighted by molar-refractivity contribution is -0.151. The molecule has 2 aliphatic rings. The molecule has 150 valence electrons. The average molecular weight is 400 g/mol. The van der Waals surface area contributed by atoms with E-state index >= 15 is 0 Å². The molecule has 9 nitrogen and oxygen atoms in total. The molecule has 0 radical (unpaired) electrons. The Labute approximate surface area is 164 Å². The summed E-state index contributed by atoms with van der Waals surface area (Å²) in [5.74, 6) is -0.324. The van der Waals surface area contributed by atoms with Crippen LogP contribution < -0.4 is 10.6 Å². The van der Waals surface area contributed by atoms with Crippen molar-refractivity contribution in [3.8, 4) is 0 Å². The Hall–Kier alpha value is -1.97. The standard InChI is InChI=1S/C17H25N5O4.ClH/c1-2-26-17(24)15(18)16(23)22-6-4-13-12(11-22)10-14(20-19-13)21-5-3-8-25-9-7-21;/h10,15H,2-9,11,18H2,1H3;1H. The van der Waals surface area contributed by atoms with Gasteiger partial charge in [-0.25, -0.2) is 4.79 Å². The van der Waals surface area contributed by atoms with Gasteiger partial charge >= 0.3 is 5.97 Å². The first kappa shape index (κ1) is 21.3. The maximum atomic E-state index is 12.5. The molecule has 0 saturated carbocycles. The fourth-order valence-corrected chi connectivity index (χ4v) is 3.16. The fourth-order valence-electron chi connectivity index (χ4n) is 3.16. The van der Waals surface area contributed by atoms with Crippen LogP contribution in [0.5, 0.6) is 0 Å². The van der Waals surface area contributed by atoms with Gasteiger partial charge in [0.1, 0.15) is 0 Å². The minimum atomic E-state index is -1.28. The smallest absolute Gasteiger partial charge is 0.332 e. The van der Waals surface area contributed by atoms with E-state index in [4.69, 9.17) is 15.2 Å². The van der Waals surface area contributed by atoms with E-state index in [1.165, 1.54) is 0 Å². The lowest BCUT2D eigenvalue weighted by Crippen LogP contribution is -2.50. The Morgan fingerprint density at radius 2 is 2.11 bits per heavy atom. The molecule has 1 saturated heterocycles. The maximum absolute atomic E-state index is 12.5. The van der Waals surface area contributed by atoms with Crippen LogP contribution in [-0.4, -0.2) is 72.5 Å². The van der Waals surface area contributed by atoms with Crippen molar-refractivity contribution in [2.45, 2.75) is 32.4 Å². The summed E-state index contributed by atoms with van der Waals surface area (Å²) >= 11 is 0. The predicted molar refractivity (Wildman–Crippen MR) is 101 cm³/mol. The number of hydrogen-bond acceptors (Lipinski definition) is 8. The Balaban J connectivity index is 0.00000261. The molecule has 3 rings (SSSR count). The largest absolute Gasteiger partial charge is 0.464 e. The van der Waals surface area contributed by atoms with E-state index in [0.29, 0.717) is 26.1 Å². The quantitative estimate of drug-likeness (QED) is 0.552. The first-order chi connectivity index (χ1) is 12.6. The second-order valence-corrected chi connectivity index (χ2v) is 6.37. The summed E-state index contributed by atoms with van der Waals surface area (Å²) in [4.78, 5) is 28.0. The molecule has 2 aliphatic heterocycles. The first-order valence-electron chi connectivity index (χ1n) is 8.99. The van der Waals surface area contributed by atoms with Crippen molar-refractivity contribution in [1.29, 1.82) is 0 Å². The highest BCUT2D eigenvalue weighted by atomic mass is 35.5. The van der Waals surface area contributed by atoms with E-state index in [2.05, 4.69) is 15.1 Å². The van der Waals surface area contributed by atoms with Crippen molar-refractivity contribution in [2.24, 2.45) is 5.73 Å². The number of amides is 1. The summed E-state index contributed by atoms with van der Waals surface area (Å²) in [7, 11) is 0. The van der Waals surface area contributed by atoms with E-state index in [9.17, 15) is 9.59 Å². The molecule has 0 aromatic carbocycles. The van der Waals surface area contributed by atoms with Gasteiger partial charge in [-0.15, -0.1) is 17.5 Å². The van der Waals surface area contributed by atoms with Crippen LogP contribution in [-0.2, 0) is 32.0 Å². The minimum Gasteiger partial charge on any atom is -0.464 e. The predicted octanol–water partition coefficient (Wildman–Crippen LogP) is -0.0998. The molecule has 1 aromatic heterocycles. The van der Waals surface area contributed by atoms with Crippen molar-refractivity contribution in [3.63, 3.8) is 0 Å². The molecule has 1 amide bonds. The van der Waals surface area contributed by atoms with Crippen LogP contribution in [0.25, 0.3) is 0 Å². The van der Waals surface area contributed by atoms with Gasteiger partial charge < -0.3 is 25.0 Å². The van der Waals surface area contributed by atoms with E-state index in [-0.39, 0.29) is 19.0 Å². The lowest BCUT2D eigenvalue weighted by atomic mass is 10.1. The van der Waals surface area contributed by atoms with Crippen molar-refractivity contribution >= 4 is 30.1 Å². The molecule has 0 spiro atoms. The molecular formula is C17H26ClN5O4. The number of halogens is 1. The van der Waals surface area contributed by atoms with Gasteiger partial charge in [0.25, 0.3) is 5.91 Å². The molecule has 0 bridgehead atoms. The number of rotatable bonds is 4. The SMILES string of the molecule is CCOC(=O)C(N)C(=O)N1CCc2nnc(N3CCCOCC3)cc2C1.Cl. The van der Waals surface area contributed by atoms with Gasteiger partial charge in [0.2, 0.25) is 0 Å². The second-order valence-electron chi connectivity index (χ2n) is 6.37. The zero-order valence-corrected chi connectivity index (χ0v) is 16.2. The minimum absolute atomic E-state index is 0. The summed E-state index contributed by atoms with van der Waals surface area (Å²) in [5, 5.41) is 8.67. The zero-order valence-electron chi connectivity index (χ0n) is 15.4. The van der Waals surface area contributed by atoms with Gasteiger partial charge in [0, 0.05) is 39.2 Å². The third-order valence-corrected chi connectivity index (χ3v) is 4.59. The maximum Gasteiger partial charge on any atom is 0.332 e. The summed E-state index contributed by atoms with van der Waals surface area (Å²) in [5.41, 5.74) is 7.57. The molecule has 3 heterocycles. The number of carbonyl (C=O) groups is 2. The van der Waals surface area contributed by atoms with Gasteiger partial charge in [-0.3, -0.25) is 4.79 Å². The normalized spacial score (nSPS) is 18.0. The summed E-state index contributed by atoms with van der Waals surface area (Å²) in [6.45, 7) is 5.76. The van der Waals surface area contributed by atoms with Crippen LogP contribution in [0.15, 0.2) is 6.07 Å². The molecule has 10 heteroatoms. The Kier molecular flexibility index (Phi) is 7.76. The Bertz CT molecular complexity index is 667. The first-order valence-corrected chi connectivity index (χ1v) is 8.99. The zero-order chi connectivity index (χ0) is 18.5. The van der Waals surface area contributed by atoms with Gasteiger partial charge in [-0.2, -0.15) is 5.10 Å². The van der Waals surface area contributed by atoms with Crippen molar-refractivity contribution in [2.75, 3.05) is 44.4 Å². The molecular weight excluding hydrogens is 374 g/mol. The molecule has 0 aliphatic carbocycles. The molecule has 1 atom stereocenters.